The van der Waals surface area contributed by atoms with Crippen molar-refractivity contribution >= 4 is 38.4 Å². The Kier molecular flexibility index (Phi) is 5.78. The Morgan fingerprint density at radius 3 is 2.71 bits per heavy atom. The predicted octanol–water partition coefficient (Wildman–Crippen LogP) is 2.99. The molecular weight excluding hydrogens is 394 g/mol. The van der Waals surface area contributed by atoms with Crippen LogP contribution in [0.5, 0.6) is 0 Å². The molecule has 2 aliphatic heterocycles. The molecular formula is C20H25N3O3S2. The van der Waals surface area contributed by atoms with Gasteiger partial charge in [-0.2, -0.15) is 0 Å². The van der Waals surface area contributed by atoms with Crippen LogP contribution >= 0.6 is 11.8 Å². The highest BCUT2D eigenvalue weighted by molar-refractivity contribution is 8.15. The summed E-state index contributed by atoms with van der Waals surface area (Å²) in [6.45, 7) is 0.670. The molecule has 2 heterocycles. The van der Waals surface area contributed by atoms with Crippen LogP contribution in [0.3, 0.4) is 0 Å². The minimum atomic E-state index is -2.94. The molecule has 4 rings (SSSR count). The Balaban J connectivity index is 1.27. The highest BCUT2D eigenvalue weighted by Crippen LogP contribution is 2.34. The maximum absolute atomic E-state index is 12.3. The number of sulfone groups is 1. The van der Waals surface area contributed by atoms with E-state index in [2.05, 4.69) is 21.7 Å². The van der Waals surface area contributed by atoms with E-state index in [0.29, 0.717) is 12.1 Å². The molecule has 1 amide bonds. The number of rotatable bonds is 5. The van der Waals surface area contributed by atoms with Gasteiger partial charge in [-0.05, 0) is 56.4 Å². The fourth-order valence-corrected chi connectivity index (χ4v) is 7.49. The molecule has 28 heavy (non-hydrogen) atoms. The van der Waals surface area contributed by atoms with Gasteiger partial charge < -0.3 is 10.6 Å². The van der Waals surface area contributed by atoms with E-state index in [4.69, 9.17) is 0 Å². The van der Waals surface area contributed by atoms with Crippen LogP contribution < -0.4 is 10.6 Å². The average Bonchev–Trinajstić information content (AvgIpc) is 3.15. The molecule has 0 spiro atoms. The number of fused-ring (bicyclic) bond motifs is 1. The fraction of sp³-hybridized carbons (Fsp3) is 0.500. The van der Waals surface area contributed by atoms with E-state index in [0.717, 1.165) is 23.7 Å². The van der Waals surface area contributed by atoms with Gasteiger partial charge in [-0.25, -0.2) is 8.42 Å². The lowest BCUT2D eigenvalue weighted by molar-refractivity contribution is 0.0954. The van der Waals surface area contributed by atoms with Crippen molar-refractivity contribution in [3.05, 3.63) is 41.5 Å². The summed E-state index contributed by atoms with van der Waals surface area (Å²) in [4.78, 5) is 16.8. The molecule has 0 radical (unpaired) electrons. The molecule has 0 unspecified atom stereocenters. The molecule has 0 bridgehead atoms. The number of carbonyl (C=O) groups is 1. The number of carbonyl (C=O) groups excluding carboxylic acids is 1. The van der Waals surface area contributed by atoms with Gasteiger partial charge in [0.05, 0.1) is 17.5 Å². The van der Waals surface area contributed by atoms with Crippen LogP contribution in [-0.4, -0.2) is 48.8 Å². The molecule has 1 aliphatic carbocycles. The third-order valence-corrected chi connectivity index (χ3v) is 8.47. The van der Waals surface area contributed by atoms with Gasteiger partial charge in [-0.1, -0.05) is 23.4 Å². The van der Waals surface area contributed by atoms with Gasteiger partial charge >= 0.3 is 0 Å². The highest BCUT2D eigenvalue weighted by atomic mass is 32.2. The first-order valence-corrected chi connectivity index (χ1v) is 12.5. The third-order valence-electron chi connectivity index (χ3n) is 5.33. The minimum Gasteiger partial charge on any atom is -0.352 e. The van der Waals surface area contributed by atoms with Gasteiger partial charge in [0.15, 0.2) is 15.0 Å². The van der Waals surface area contributed by atoms with Crippen LogP contribution in [0.2, 0.25) is 0 Å². The van der Waals surface area contributed by atoms with E-state index in [-0.39, 0.29) is 28.7 Å². The Morgan fingerprint density at radius 1 is 1.18 bits per heavy atom. The number of hydrogen-bond donors (Lipinski definition) is 2. The van der Waals surface area contributed by atoms with Crippen molar-refractivity contribution in [3.8, 4) is 0 Å². The van der Waals surface area contributed by atoms with Gasteiger partial charge in [0.25, 0.3) is 5.91 Å². The van der Waals surface area contributed by atoms with Crippen molar-refractivity contribution in [2.45, 2.75) is 43.4 Å². The quantitative estimate of drug-likeness (QED) is 0.717. The lowest BCUT2D eigenvalue weighted by Crippen LogP contribution is -2.24. The number of anilines is 1. The summed E-state index contributed by atoms with van der Waals surface area (Å²) in [5.41, 5.74) is 2.93. The smallest absolute Gasteiger partial charge is 0.251 e. The van der Waals surface area contributed by atoms with Crippen LogP contribution in [0.4, 0.5) is 5.69 Å². The fourth-order valence-electron chi connectivity index (χ4n) is 3.81. The van der Waals surface area contributed by atoms with Gasteiger partial charge in [0.2, 0.25) is 0 Å². The van der Waals surface area contributed by atoms with Gasteiger partial charge in [0, 0.05) is 23.0 Å². The van der Waals surface area contributed by atoms with Crippen molar-refractivity contribution in [2.24, 2.45) is 4.99 Å². The van der Waals surface area contributed by atoms with E-state index >= 15 is 0 Å². The summed E-state index contributed by atoms with van der Waals surface area (Å²) in [7, 11) is -2.94. The zero-order valence-electron chi connectivity index (χ0n) is 15.7. The van der Waals surface area contributed by atoms with Crippen molar-refractivity contribution < 1.29 is 13.2 Å². The van der Waals surface area contributed by atoms with E-state index in [1.807, 2.05) is 12.1 Å². The van der Waals surface area contributed by atoms with Crippen molar-refractivity contribution in [1.82, 2.24) is 5.32 Å². The summed E-state index contributed by atoms with van der Waals surface area (Å²) in [5, 5.41) is 6.99. The average molecular weight is 420 g/mol. The molecule has 150 valence electrons. The Bertz CT molecular complexity index is 907. The number of benzene rings is 1. The summed E-state index contributed by atoms with van der Waals surface area (Å²) < 4.78 is 23.3. The lowest BCUT2D eigenvalue weighted by Gasteiger charge is -2.13. The van der Waals surface area contributed by atoms with Crippen LogP contribution in [-0.2, 0) is 9.84 Å². The molecule has 6 nitrogen and oxygen atoms in total. The predicted molar refractivity (Wildman–Crippen MR) is 115 cm³/mol. The van der Waals surface area contributed by atoms with E-state index < -0.39 is 9.84 Å². The highest BCUT2D eigenvalue weighted by Gasteiger charge is 2.42. The van der Waals surface area contributed by atoms with Gasteiger partial charge in [0.1, 0.15) is 0 Å². The monoisotopic (exact) mass is 419 g/mol. The molecule has 2 N–H and O–H groups in total. The van der Waals surface area contributed by atoms with Crippen LogP contribution in [0.15, 0.2) is 40.9 Å². The van der Waals surface area contributed by atoms with Crippen LogP contribution in [0, 0.1) is 0 Å². The molecule has 3 aliphatic rings. The topological polar surface area (TPSA) is 87.6 Å². The lowest BCUT2D eigenvalue weighted by atomic mass is 9.97. The van der Waals surface area contributed by atoms with E-state index in [9.17, 15) is 13.2 Å². The number of amidine groups is 1. The number of hydrogen-bond acceptors (Lipinski definition) is 6. The second kappa shape index (κ2) is 8.29. The maximum Gasteiger partial charge on any atom is 0.251 e. The number of thioether (sulfide) groups is 1. The Labute approximate surface area is 170 Å². The molecule has 1 fully saturated rings. The summed E-state index contributed by atoms with van der Waals surface area (Å²) in [6, 6.07) is 7.16. The number of amides is 1. The first-order valence-electron chi connectivity index (χ1n) is 9.77. The van der Waals surface area contributed by atoms with Crippen molar-refractivity contribution in [1.29, 1.82) is 0 Å². The number of aliphatic imine (C=N–C) groups is 1. The minimum absolute atomic E-state index is 0.0248. The number of nitrogens with one attached hydrogen (secondary N) is 2. The largest absolute Gasteiger partial charge is 0.352 e. The molecule has 8 heteroatoms. The van der Waals surface area contributed by atoms with Crippen molar-refractivity contribution in [3.63, 3.8) is 0 Å². The van der Waals surface area contributed by atoms with Gasteiger partial charge in [-0.15, -0.1) is 0 Å². The van der Waals surface area contributed by atoms with Crippen LogP contribution in [0.1, 0.15) is 42.5 Å². The Morgan fingerprint density at radius 2 is 2.00 bits per heavy atom. The standard InChI is InChI=1S/C20H25N3O3S2/c24-19(21-11-10-14-4-2-1-3-5-14)15-6-8-16(9-7-15)22-20-23-17-12-28(25,26)13-18(17)27-20/h4,6-9,17-18H,1-3,5,10-13H2,(H,21,24)(H,22,23)/t17-,18+/m0/s1. The summed E-state index contributed by atoms with van der Waals surface area (Å²) in [6.07, 6.45) is 8.10. The first-order chi connectivity index (χ1) is 13.5. The number of nitrogens with zero attached hydrogens (tertiary/aromatic N) is 1. The molecule has 0 saturated carbocycles. The maximum atomic E-state index is 12.3. The SMILES string of the molecule is O=C(NCCC1=CCCCC1)c1ccc(NC2=N[C@H]3CS(=O)(=O)C[C@H]3S2)cc1. The molecule has 0 aromatic heterocycles. The van der Waals surface area contributed by atoms with E-state index in [1.54, 1.807) is 12.1 Å². The first kappa shape index (κ1) is 19.5. The molecule has 2 atom stereocenters. The molecule has 1 aromatic rings. The van der Waals surface area contributed by atoms with Crippen molar-refractivity contribution in [2.75, 3.05) is 23.4 Å². The zero-order chi connectivity index (χ0) is 19.6. The summed E-state index contributed by atoms with van der Waals surface area (Å²) in [5.74, 6) is 0.286. The molecule has 1 aromatic carbocycles. The van der Waals surface area contributed by atoms with Gasteiger partial charge in [-0.3, -0.25) is 9.79 Å². The molecule has 1 saturated heterocycles. The summed E-state index contributed by atoms with van der Waals surface area (Å²) >= 11 is 1.49. The Hall–Kier alpha value is -1.80. The number of allylic oxidation sites excluding steroid dienone is 1. The van der Waals surface area contributed by atoms with E-state index in [1.165, 1.54) is 36.6 Å². The second-order valence-electron chi connectivity index (χ2n) is 7.55. The normalized spacial score (nSPS) is 25.6. The second-order valence-corrected chi connectivity index (χ2v) is 10.9. The van der Waals surface area contributed by atoms with Crippen LogP contribution in [0.25, 0.3) is 0 Å². The third kappa shape index (κ3) is 4.78. The zero-order valence-corrected chi connectivity index (χ0v) is 17.3.